The topological polar surface area (TPSA) is 84.9 Å². The second-order valence-electron chi connectivity index (χ2n) is 5.55. The summed E-state index contributed by atoms with van der Waals surface area (Å²) in [7, 11) is 2.08. The summed E-state index contributed by atoms with van der Waals surface area (Å²) in [6, 6.07) is 7.92. The molecule has 1 aliphatic rings. The quantitative estimate of drug-likeness (QED) is 0.764. The number of halogens is 1. The second kappa shape index (κ2) is 7.08. The van der Waals surface area contributed by atoms with E-state index in [0.717, 1.165) is 30.9 Å². The zero-order chi connectivity index (χ0) is 15.6. The maximum atomic E-state index is 5.46. The van der Waals surface area contributed by atoms with E-state index in [1.54, 1.807) is 11.0 Å². The maximum Gasteiger partial charge on any atom is 0.258 e. The van der Waals surface area contributed by atoms with Crippen molar-refractivity contribution >= 4 is 12.4 Å². The largest absolute Gasteiger partial charge is 0.334 e. The highest BCUT2D eigenvalue weighted by Gasteiger charge is 2.25. The summed E-state index contributed by atoms with van der Waals surface area (Å²) in [5.74, 6) is 1.22. The van der Waals surface area contributed by atoms with Gasteiger partial charge in [0.2, 0.25) is 0 Å². The molecule has 1 N–H and O–H groups in total. The van der Waals surface area contributed by atoms with E-state index in [1.165, 1.54) is 6.33 Å². The first kappa shape index (κ1) is 16.6. The molecular weight excluding hydrogens is 330 g/mol. The van der Waals surface area contributed by atoms with Gasteiger partial charge in [-0.3, -0.25) is 4.90 Å². The fourth-order valence-electron chi connectivity index (χ4n) is 2.70. The van der Waals surface area contributed by atoms with Crippen LogP contribution in [0.25, 0.3) is 17.1 Å². The predicted octanol–water partition coefficient (Wildman–Crippen LogP) is 1.32. The summed E-state index contributed by atoms with van der Waals surface area (Å²) in [4.78, 5) is 10.8. The number of rotatable bonds is 3. The molecule has 1 saturated heterocycles. The van der Waals surface area contributed by atoms with Crippen LogP contribution in [-0.2, 0) is 0 Å². The summed E-state index contributed by atoms with van der Waals surface area (Å²) < 4.78 is 7.16. The van der Waals surface area contributed by atoms with Crippen molar-refractivity contribution in [3.8, 4) is 17.1 Å². The Balaban J connectivity index is 0.00000169. The summed E-state index contributed by atoms with van der Waals surface area (Å²) in [6.45, 7) is 2.78. The number of hydrogen-bond acceptors (Lipinski definition) is 7. The average molecular weight is 348 g/mol. The van der Waals surface area contributed by atoms with Crippen molar-refractivity contribution in [2.75, 3.05) is 26.7 Å². The van der Waals surface area contributed by atoms with Gasteiger partial charge in [-0.2, -0.15) is 10.1 Å². The number of likely N-dealkylation sites (N-methyl/N-ethyl adjacent to an activating group) is 1. The molecule has 24 heavy (non-hydrogen) atoms. The molecule has 126 valence electrons. The molecule has 0 spiro atoms. The SMILES string of the molecule is CN1CCNCC1c1noc(-c2cccc(-n3cncn3)c2)n1.Cl. The molecule has 4 rings (SSSR count). The highest BCUT2D eigenvalue weighted by molar-refractivity contribution is 5.85. The number of piperazine rings is 1. The lowest BCUT2D eigenvalue weighted by molar-refractivity contribution is 0.190. The van der Waals surface area contributed by atoms with Gasteiger partial charge in [-0.25, -0.2) is 9.67 Å². The van der Waals surface area contributed by atoms with Crippen LogP contribution in [0.15, 0.2) is 41.4 Å². The third kappa shape index (κ3) is 3.16. The van der Waals surface area contributed by atoms with Crippen molar-refractivity contribution in [2.45, 2.75) is 6.04 Å². The molecule has 1 aliphatic heterocycles. The molecule has 0 aliphatic carbocycles. The van der Waals surface area contributed by atoms with Crippen molar-refractivity contribution < 1.29 is 4.52 Å². The van der Waals surface area contributed by atoms with Crippen molar-refractivity contribution in [2.24, 2.45) is 0 Å². The lowest BCUT2D eigenvalue weighted by atomic mass is 10.2. The molecule has 0 saturated carbocycles. The Kier molecular flexibility index (Phi) is 4.89. The monoisotopic (exact) mass is 347 g/mol. The Bertz CT molecular complexity index is 789. The van der Waals surface area contributed by atoms with Crippen molar-refractivity contribution in [3.05, 3.63) is 42.7 Å². The number of hydrogen-bond donors (Lipinski definition) is 1. The zero-order valence-corrected chi connectivity index (χ0v) is 14.0. The highest BCUT2D eigenvalue weighted by atomic mass is 35.5. The normalized spacial score (nSPS) is 18.3. The molecule has 2 aromatic heterocycles. The van der Waals surface area contributed by atoms with Crippen molar-refractivity contribution in [3.63, 3.8) is 0 Å². The van der Waals surface area contributed by atoms with E-state index in [-0.39, 0.29) is 18.4 Å². The number of benzene rings is 1. The molecule has 8 nitrogen and oxygen atoms in total. The van der Waals surface area contributed by atoms with Crippen molar-refractivity contribution in [1.29, 1.82) is 0 Å². The van der Waals surface area contributed by atoms with E-state index in [4.69, 9.17) is 4.52 Å². The van der Waals surface area contributed by atoms with Gasteiger partial charge in [0, 0.05) is 25.2 Å². The minimum absolute atomic E-state index is 0. The van der Waals surface area contributed by atoms with E-state index < -0.39 is 0 Å². The Morgan fingerprint density at radius 3 is 3.04 bits per heavy atom. The molecule has 9 heteroatoms. The minimum atomic E-state index is 0. The first-order valence-corrected chi connectivity index (χ1v) is 7.51. The molecule has 1 aromatic carbocycles. The van der Waals surface area contributed by atoms with E-state index in [0.29, 0.717) is 11.7 Å². The minimum Gasteiger partial charge on any atom is -0.334 e. The van der Waals surface area contributed by atoms with E-state index in [9.17, 15) is 0 Å². The Labute approximate surface area is 145 Å². The van der Waals surface area contributed by atoms with Gasteiger partial charge in [0.05, 0.1) is 11.7 Å². The molecule has 3 heterocycles. The fraction of sp³-hybridized carbons (Fsp3) is 0.333. The lowest BCUT2D eigenvalue weighted by Gasteiger charge is -2.30. The average Bonchev–Trinajstić information content (AvgIpc) is 3.27. The molecule has 1 fully saturated rings. The van der Waals surface area contributed by atoms with Crippen LogP contribution in [0, 0.1) is 0 Å². The van der Waals surface area contributed by atoms with E-state index >= 15 is 0 Å². The molecule has 1 atom stereocenters. The van der Waals surface area contributed by atoms with Gasteiger partial charge in [0.1, 0.15) is 12.7 Å². The molecular formula is C15H18ClN7O. The van der Waals surface area contributed by atoms with Crippen LogP contribution < -0.4 is 5.32 Å². The van der Waals surface area contributed by atoms with Gasteiger partial charge in [0.15, 0.2) is 5.82 Å². The third-order valence-electron chi connectivity index (χ3n) is 4.03. The second-order valence-corrected chi connectivity index (χ2v) is 5.55. The molecule has 3 aromatic rings. The lowest BCUT2D eigenvalue weighted by Crippen LogP contribution is -2.44. The molecule has 0 radical (unpaired) electrons. The van der Waals surface area contributed by atoms with Gasteiger partial charge in [-0.15, -0.1) is 12.4 Å². The van der Waals surface area contributed by atoms with Gasteiger partial charge in [-0.1, -0.05) is 11.2 Å². The fourth-order valence-corrected chi connectivity index (χ4v) is 2.70. The molecule has 0 amide bonds. The summed E-state index contributed by atoms with van der Waals surface area (Å²) in [6.07, 6.45) is 3.16. The number of nitrogens with zero attached hydrogens (tertiary/aromatic N) is 6. The highest BCUT2D eigenvalue weighted by Crippen LogP contribution is 2.24. The maximum absolute atomic E-state index is 5.46. The summed E-state index contributed by atoms with van der Waals surface area (Å²) in [5, 5.41) is 11.6. The van der Waals surface area contributed by atoms with Crippen molar-refractivity contribution in [1.82, 2.24) is 35.1 Å². The van der Waals surface area contributed by atoms with Gasteiger partial charge in [-0.05, 0) is 25.2 Å². The Morgan fingerprint density at radius 1 is 1.33 bits per heavy atom. The van der Waals surface area contributed by atoms with Crippen LogP contribution >= 0.6 is 12.4 Å². The predicted molar refractivity (Wildman–Crippen MR) is 90.1 cm³/mol. The van der Waals surface area contributed by atoms with Gasteiger partial charge < -0.3 is 9.84 Å². The first-order chi connectivity index (χ1) is 11.3. The van der Waals surface area contributed by atoms with Crippen LogP contribution in [0.2, 0.25) is 0 Å². The summed E-state index contributed by atoms with van der Waals surface area (Å²) in [5.41, 5.74) is 1.76. The summed E-state index contributed by atoms with van der Waals surface area (Å²) >= 11 is 0. The van der Waals surface area contributed by atoms with E-state index in [2.05, 4.69) is 37.5 Å². The van der Waals surface area contributed by atoms with E-state index in [1.807, 2.05) is 24.3 Å². The molecule has 1 unspecified atom stereocenters. The van der Waals surface area contributed by atoms with Crippen LogP contribution in [0.1, 0.15) is 11.9 Å². The smallest absolute Gasteiger partial charge is 0.258 e. The van der Waals surface area contributed by atoms with Crippen LogP contribution in [0.3, 0.4) is 0 Å². The van der Waals surface area contributed by atoms with Crippen LogP contribution in [-0.4, -0.2) is 56.5 Å². The number of aromatic nitrogens is 5. The Morgan fingerprint density at radius 2 is 2.25 bits per heavy atom. The van der Waals surface area contributed by atoms with Crippen LogP contribution in [0.4, 0.5) is 0 Å². The molecule has 0 bridgehead atoms. The van der Waals surface area contributed by atoms with Gasteiger partial charge >= 0.3 is 0 Å². The first-order valence-electron chi connectivity index (χ1n) is 7.51. The zero-order valence-electron chi connectivity index (χ0n) is 13.2. The number of nitrogens with one attached hydrogen (secondary N) is 1. The standard InChI is InChI=1S/C15H17N7O.ClH/c1-21-6-5-16-8-13(21)14-19-15(23-20-14)11-3-2-4-12(7-11)22-10-17-9-18-22;/h2-4,7,9-10,13,16H,5-6,8H2,1H3;1H. The third-order valence-corrected chi connectivity index (χ3v) is 4.03. The van der Waals surface area contributed by atoms with Gasteiger partial charge in [0.25, 0.3) is 5.89 Å². The van der Waals surface area contributed by atoms with Crippen LogP contribution in [0.5, 0.6) is 0 Å². The Hall–Kier alpha value is -2.29.